The van der Waals surface area contributed by atoms with Crippen molar-refractivity contribution < 1.29 is 9.47 Å². The third kappa shape index (κ3) is 4.45. The second kappa shape index (κ2) is 7.62. The molecular weight excluding hydrogens is 374 g/mol. The lowest BCUT2D eigenvalue weighted by Crippen LogP contribution is -2.34. The van der Waals surface area contributed by atoms with Crippen molar-refractivity contribution in [2.75, 3.05) is 19.8 Å². The molecule has 0 unspecified atom stereocenters. The predicted molar refractivity (Wildman–Crippen MR) is 83.7 cm³/mol. The van der Waals surface area contributed by atoms with E-state index in [0.717, 1.165) is 47.3 Å². The average molecular weight is 393 g/mol. The molecule has 0 bridgehead atoms. The molecule has 1 aliphatic rings. The molecule has 0 aliphatic carbocycles. The largest absolute Gasteiger partial charge is 0.492 e. The van der Waals surface area contributed by atoms with Crippen LogP contribution in [0.1, 0.15) is 25.3 Å². The van der Waals surface area contributed by atoms with E-state index in [-0.39, 0.29) is 0 Å². The van der Waals surface area contributed by atoms with E-state index in [1.165, 1.54) is 5.56 Å². The molecule has 5 heteroatoms. The minimum Gasteiger partial charge on any atom is -0.492 e. The second-order valence-corrected chi connectivity index (χ2v) is 6.35. The van der Waals surface area contributed by atoms with Gasteiger partial charge in [0.1, 0.15) is 5.75 Å². The summed E-state index contributed by atoms with van der Waals surface area (Å²) >= 11 is 7.09. The fraction of sp³-hybridized carbons (Fsp3) is 0.571. The van der Waals surface area contributed by atoms with Crippen LogP contribution in [0.4, 0.5) is 0 Å². The molecular formula is C14H19Br2NO2. The van der Waals surface area contributed by atoms with Crippen molar-refractivity contribution in [3.05, 3.63) is 26.6 Å². The zero-order valence-electron chi connectivity index (χ0n) is 11.0. The van der Waals surface area contributed by atoms with Gasteiger partial charge < -0.3 is 14.8 Å². The molecule has 0 amide bonds. The Hall–Kier alpha value is -0.100. The van der Waals surface area contributed by atoms with Crippen LogP contribution >= 0.6 is 31.9 Å². The summed E-state index contributed by atoms with van der Waals surface area (Å²) in [5, 5.41) is 3.59. The van der Waals surface area contributed by atoms with Crippen LogP contribution in [0.5, 0.6) is 5.75 Å². The van der Waals surface area contributed by atoms with Gasteiger partial charge in [0.15, 0.2) is 0 Å². The molecule has 0 saturated carbocycles. The minimum absolute atomic E-state index is 0.543. The van der Waals surface area contributed by atoms with E-state index in [4.69, 9.17) is 9.47 Å². The summed E-state index contributed by atoms with van der Waals surface area (Å²) in [6.45, 7) is 5.21. The summed E-state index contributed by atoms with van der Waals surface area (Å²) in [5.74, 6) is 0.935. The summed E-state index contributed by atoms with van der Waals surface area (Å²) in [6, 6.07) is 4.67. The van der Waals surface area contributed by atoms with Crippen LogP contribution in [0, 0.1) is 0 Å². The third-order valence-corrected chi connectivity index (χ3v) is 4.22. The van der Waals surface area contributed by atoms with Gasteiger partial charge in [-0.05, 0) is 47.8 Å². The number of hydrogen-bond acceptors (Lipinski definition) is 3. The van der Waals surface area contributed by atoms with Crippen molar-refractivity contribution in [3.8, 4) is 5.75 Å². The van der Waals surface area contributed by atoms with E-state index >= 15 is 0 Å². The van der Waals surface area contributed by atoms with E-state index in [0.29, 0.717) is 12.6 Å². The van der Waals surface area contributed by atoms with Gasteiger partial charge in [-0.15, -0.1) is 0 Å². The molecule has 1 aliphatic heterocycles. The van der Waals surface area contributed by atoms with Crippen molar-refractivity contribution in [1.82, 2.24) is 5.32 Å². The van der Waals surface area contributed by atoms with Crippen LogP contribution in [0.25, 0.3) is 0 Å². The molecule has 0 radical (unpaired) electrons. The van der Waals surface area contributed by atoms with Gasteiger partial charge >= 0.3 is 0 Å². The Labute approximate surface area is 131 Å². The van der Waals surface area contributed by atoms with E-state index in [2.05, 4.69) is 43.2 Å². The van der Waals surface area contributed by atoms with Crippen LogP contribution < -0.4 is 10.1 Å². The van der Waals surface area contributed by atoms with E-state index in [9.17, 15) is 0 Å². The van der Waals surface area contributed by atoms with Crippen molar-refractivity contribution in [2.24, 2.45) is 0 Å². The van der Waals surface area contributed by atoms with Crippen LogP contribution in [0.15, 0.2) is 21.1 Å². The maximum absolute atomic E-state index is 5.73. The predicted octanol–water partition coefficient (Wildman–Crippen LogP) is 3.88. The highest BCUT2D eigenvalue weighted by molar-refractivity contribution is 9.11. The third-order valence-electron chi connectivity index (χ3n) is 3.18. The first-order chi connectivity index (χ1) is 9.20. The van der Waals surface area contributed by atoms with E-state index < -0.39 is 0 Å². The number of hydrogen-bond donors (Lipinski definition) is 1. The van der Waals surface area contributed by atoms with E-state index in [1.54, 1.807) is 0 Å². The molecule has 1 saturated heterocycles. The Bertz CT molecular complexity index is 420. The number of rotatable bonds is 5. The lowest BCUT2D eigenvalue weighted by Gasteiger charge is -2.24. The quantitative estimate of drug-likeness (QED) is 0.824. The lowest BCUT2D eigenvalue weighted by atomic mass is 10.1. The van der Waals surface area contributed by atoms with Gasteiger partial charge in [-0.2, -0.15) is 0 Å². The molecule has 0 aromatic heterocycles. The van der Waals surface area contributed by atoms with Crippen molar-refractivity contribution in [2.45, 2.75) is 32.4 Å². The topological polar surface area (TPSA) is 30.5 Å². The standard InChI is InChI=1S/C14H19Br2NO2/c1-2-19-14-10(7-11(15)8-13(14)16)9-17-12-3-5-18-6-4-12/h7-8,12,17H,2-6,9H2,1H3. The lowest BCUT2D eigenvalue weighted by molar-refractivity contribution is 0.0775. The summed E-state index contributed by atoms with van der Waals surface area (Å²) in [7, 11) is 0. The minimum atomic E-state index is 0.543. The van der Waals surface area contributed by atoms with Gasteiger partial charge in [-0.3, -0.25) is 0 Å². The smallest absolute Gasteiger partial charge is 0.138 e. The molecule has 1 aromatic rings. The molecule has 0 spiro atoms. The average Bonchev–Trinajstić information content (AvgIpc) is 2.41. The molecule has 3 nitrogen and oxygen atoms in total. The van der Waals surface area contributed by atoms with E-state index in [1.807, 2.05) is 13.0 Å². The first kappa shape index (κ1) is 15.3. The zero-order chi connectivity index (χ0) is 13.7. The molecule has 1 aromatic carbocycles. The Morgan fingerprint density at radius 1 is 1.32 bits per heavy atom. The highest BCUT2D eigenvalue weighted by atomic mass is 79.9. The fourth-order valence-corrected chi connectivity index (χ4v) is 3.64. The second-order valence-electron chi connectivity index (χ2n) is 4.58. The number of benzene rings is 1. The van der Waals surface area contributed by atoms with Gasteiger partial charge in [0, 0.05) is 35.8 Å². The molecule has 1 heterocycles. The summed E-state index contributed by atoms with van der Waals surface area (Å²) in [5.41, 5.74) is 1.18. The van der Waals surface area contributed by atoms with Gasteiger partial charge in [0.2, 0.25) is 0 Å². The Morgan fingerprint density at radius 2 is 2.05 bits per heavy atom. The van der Waals surface area contributed by atoms with Gasteiger partial charge in [0.25, 0.3) is 0 Å². The SMILES string of the molecule is CCOc1c(Br)cc(Br)cc1CNC1CCOCC1. The Kier molecular flexibility index (Phi) is 6.13. The van der Waals surface area contributed by atoms with Gasteiger partial charge in [-0.1, -0.05) is 15.9 Å². The van der Waals surface area contributed by atoms with Crippen molar-refractivity contribution in [3.63, 3.8) is 0 Å². The van der Waals surface area contributed by atoms with Gasteiger partial charge in [-0.25, -0.2) is 0 Å². The monoisotopic (exact) mass is 391 g/mol. The molecule has 19 heavy (non-hydrogen) atoms. The number of nitrogens with one attached hydrogen (secondary N) is 1. The molecule has 106 valence electrons. The normalized spacial score (nSPS) is 16.6. The highest BCUT2D eigenvalue weighted by Crippen LogP contribution is 2.33. The number of ether oxygens (including phenoxy) is 2. The Balaban J connectivity index is 2.04. The molecule has 0 atom stereocenters. The summed E-state index contributed by atoms with van der Waals surface area (Å²) in [4.78, 5) is 0. The van der Waals surface area contributed by atoms with Crippen molar-refractivity contribution >= 4 is 31.9 Å². The van der Waals surface area contributed by atoms with Crippen molar-refractivity contribution in [1.29, 1.82) is 0 Å². The molecule has 2 rings (SSSR count). The van der Waals surface area contributed by atoms with Crippen LogP contribution in [-0.4, -0.2) is 25.9 Å². The van der Waals surface area contributed by atoms with Gasteiger partial charge in [0.05, 0.1) is 11.1 Å². The van der Waals surface area contributed by atoms with Crippen LogP contribution in [0.2, 0.25) is 0 Å². The zero-order valence-corrected chi connectivity index (χ0v) is 14.2. The first-order valence-electron chi connectivity index (χ1n) is 6.62. The summed E-state index contributed by atoms with van der Waals surface area (Å²) < 4.78 is 13.2. The fourth-order valence-electron chi connectivity index (χ4n) is 2.21. The summed E-state index contributed by atoms with van der Waals surface area (Å²) in [6.07, 6.45) is 2.16. The molecule has 1 fully saturated rings. The van der Waals surface area contributed by atoms with Crippen LogP contribution in [-0.2, 0) is 11.3 Å². The highest BCUT2D eigenvalue weighted by Gasteiger charge is 2.15. The Morgan fingerprint density at radius 3 is 2.74 bits per heavy atom. The van der Waals surface area contributed by atoms with Crippen LogP contribution in [0.3, 0.4) is 0 Å². The first-order valence-corrected chi connectivity index (χ1v) is 8.21. The maximum Gasteiger partial charge on any atom is 0.138 e. The number of halogens is 2. The molecule has 1 N–H and O–H groups in total. The maximum atomic E-state index is 5.73.